The second-order valence-corrected chi connectivity index (χ2v) is 11.3. The zero-order chi connectivity index (χ0) is 29.2. The van der Waals surface area contributed by atoms with Crippen molar-refractivity contribution in [3.8, 4) is 22.1 Å². The number of fused-ring (bicyclic) bond motifs is 1. The topological polar surface area (TPSA) is 110 Å². The molecule has 5 aromatic rings. The Morgan fingerprint density at radius 1 is 0.905 bits per heavy atom. The van der Waals surface area contributed by atoms with Gasteiger partial charge in [0.2, 0.25) is 0 Å². The van der Waals surface area contributed by atoms with E-state index >= 15 is 0 Å². The Morgan fingerprint density at radius 3 is 2.26 bits per heavy atom. The molecule has 214 valence electrons. The molecule has 0 aliphatic carbocycles. The zero-order valence-electron chi connectivity index (χ0n) is 24.0. The van der Waals surface area contributed by atoms with Gasteiger partial charge in [0.05, 0.1) is 22.6 Å². The van der Waals surface area contributed by atoms with Gasteiger partial charge in [-0.15, -0.1) is 11.3 Å². The van der Waals surface area contributed by atoms with Crippen molar-refractivity contribution < 1.29 is 9.53 Å². The van der Waals surface area contributed by atoms with Crippen LogP contribution in [0.3, 0.4) is 0 Å². The average Bonchev–Trinajstić information content (AvgIpc) is 3.34. The molecule has 0 atom stereocenters. The molecule has 1 aliphatic heterocycles. The van der Waals surface area contributed by atoms with E-state index in [-0.39, 0.29) is 18.0 Å². The number of thiophene rings is 1. The number of hydrogen-bond acceptors (Lipinski definition) is 10. The molecule has 2 aromatic carbocycles. The summed E-state index contributed by atoms with van der Waals surface area (Å²) in [5.41, 5.74) is 10.2. The van der Waals surface area contributed by atoms with Crippen molar-refractivity contribution in [3.05, 3.63) is 83.0 Å². The van der Waals surface area contributed by atoms with Gasteiger partial charge in [-0.3, -0.25) is 4.90 Å². The molecular formula is C32H33N7O2S. The first-order valence-electron chi connectivity index (χ1n) is 14.1. The number of nitrogens with two attached hydrogens (primary N) is 1. The quantitative estimate of drug-likeness (QED) is 0.249. The van der Waals surface area contributed by atoms with Crippen LogP contribution in [0.5, 0.6) is 0 Å². The number of aromatic nitrogens is 4. The summed E-state index contributed by atoms with van der Waals surface area (Å²) in [7, 11) is 0. The molecule has 0 radical (unpaired) electrons. The minimum absolute atomic E-state index is 0.110. The minimum Gasteiger partial charge on any atom is -0.462 e. The van der Waals surface area contributed by atoms with Crippen LogP contribution in [0.4, 0.5) is 11.6 Å². The third-order valence-electron chi connectivity index (χ3n) is 7.52. The molecule has 0 unspecified atom stereocenters. The largest absolute Gasteiger partial charge is 0.462 e. The van der Waals surface area contributed by atoms with E-state index in [1.807, 2.05) is 30.3 Å². The van der Waals surface area contributed by atoms with Gasteiger partial charge in [0.15, 0.2) is 11.6 Å². The summed E-state index contributed by atoms with van der Waals surface area (Å²) in [5.74, 6) is 1.68. The predicted octanol–water partition coefficient (Wildman–Crippen LogP) is 5.51. The molecule has 9 nitrogen and oxygen atoms in total. The van der Waals surface area contributed by atoms with Gasteiger partial charge in [-0.05, 0) is 31.9 Å². The number of benzene rings is 2. The highest BCUT2D eigenvalue weighted by atomic mass is 32.1. The fourth-order valence-corrected chi connectivity index (χ4v) is 6.50. The van der Waals surface area contributed by atoms with Gasteiger partial charge in [-0.2, -0.15) is 0 Å². The van der Waals surface area contributed by atoms with Crippen LogP contribution in [0.15, 0.2) is 60.7 Å². The Hall–Kier alpha value is -4.41. The molecule has 1 saturated heterocycles. The first kappa shape index (κ1) is 27.7. The van der Waals surface area contributed by atoms with Crippen molar-refractivity contribution in [1.82, 2.24) is 24.8 Å². The van der Waals surface area contributed by atoms with E-state index in [1.165, 1.54) is 16.9 Å². The summed E-state index contributed by atoms with van der Waals surface area (Å²) in [6, 6.07) is 20.7. The Kier molecular flexibility index (Phi) is 7.82. The second-order valence-electron chi connectivity index (χ2n) is 10.3. The van der Waals surface area contributed by atoms with E-state index in [9.17, 15) is 4.79 Å². The number of ether oxygens (including phenoxy) is 1. The molecule has 1 aliphatic rings. The monoisotopic (exact) mass is 579 g/mol. The lowest BCUT2D eigenvalue weighted by Gasteiger charge is -2.36. The van der Waals surface area contributed by atoms with E-state index in [0.29, 0.717) is 17.3 Å². The van der Waals surface area contributed by atoms with Crippen molar-refractivity contribution in [2.45, 2.75) is 27.3 Å². The number of anilines is 2. The molecule has 6 rings (SSSR count). The summed E-state index contributed by atoms with van der Waals surface area (Å²) in [5, 5.41) is 1.00. The van der Waals surface area contributed by atoms with Crippen LogP contribution in [0.1, 0.15) is 34.1 Å². The average molecular weight is 580 g/mol. The Balaban J connectivity index is 1.39. The molecule has 3 aromatic heterocycles. The number of esters is 1. The number of nitrogen functional groups attached to an aromatic ring is 1. The first-order valence-corrected chi connectivity index (χ1v) is 14.9. The molecule has 0 amide bonds. The summed E-state index contributed by atoms with van der Waals surface area (Å²) in [6.45, 7) is 10.3. The predicted molar refractivity (Wildman–Crippen MR) is 168 cm³/mol. The number of carbonyl (C=O) groups is 1. The normalized spacial score (nSPS) is 13.9. The number of rotatable bonds is 7. The van der Waals surface area contributed by atoms with Gasteiger partial charge in [0.1, 0.15) is 22.0 Å². The summed E-state index contributed by atoms with van der Waals surface area (Å²) < 4.78 is 5.16. The van der Waals surface area contributed by atoms with Crippen molar-refractivity contribution in [3.63, 3.8) is 0 Å². The highest BCUT2D eigenvalue weighted by Crippen LogP contribution is 2.41. The molecule has 4 heterocycles. The highest BCUT2D eigenvalue weighted by Gasteiger charge is 2.27. The minimum atomic E-state index is -0.515. The van der Waals surface area contributed by atoms with E-state index in [1.54, 1.807) is 13.8 Å². The number of hydrogen-bond donors (Lipinski definition) is 1. The third kappa shape index (κ3) is 5.43. The van der Waals surface area contributed by atoms with Crippen LogP contribution < -0.4 is 10.6 Å². The molecule has 0 saturated carbocycles. The molecule has 0 spiro atoms. The van der Waals surface area contributed by atoms with Crippen LogP contribution in [0.2, 0.25) is 0 Å². The van der Waals surface area contributed by atoms with E-state index in [2.05, 4.69) is 57.0 Å². The summed E-state index contributed by atoms with van der Waals surface area (Å²) in [4.78, 5) is 38.4. The molecule has 1 fully saturated rings. The lowest BCUT2D eigenvalue weighted by Crippen LogP contribution is -2.46. The van der Waals surface area contributed by atoms with Gasteiger partial charge >= 0.3 is 5.97 Å². The van der Waals surface area contributed by atoms with Crippen molar-refractivity contribution in [2.24, 2.45) is 0 Å². The first-order chi connectivity index (χ1) is 20.4. The van der Waals surface area contributed by atoms with Crippen LogP contribution in [-0.2, 0) is 11.3 Å². The zero-order valence-corrected chi connectivity index (χ0v) is 24.8. The maximum Gasteiger partial charge on any atom is 0.343 e. The molecule has 0 bridgehead atoms. The lowest BCUT2D eigenvalue weighted by molar-refractivity contribution is 0.0526. The van der Waals surface area contributed by atoms with Crippen molar-refractivity contribution >= 4 is 39.2 Å². The van der Waals surface area contributed by atoms with Crippen LogP contribution in [0.25, 0.3) is 32.3 Å². The maximum atomic E-state index is 12.5. The smallest absolute Gasteiger partial charge is 0.343 e. The Bertz CT molecular complexity index is 1710. The van der Waals surface area contributed by atoms with Crippen molar-refractivity contribution in [2.75, 3.05) is 43.4 Å². The van der Waals surface area contributed by atoms with Gasteiger partial charge in [0.25, 0.3) is 0 Å². The molecule has 42 heavy (non-hydrogen) atoms. The van der Waals surface area contributed by atoms with Crippen LogP contribution in [-0.4, -0.2) is 63.6 Å². The standard InChI is InChI=1S/C32H33N7O2S/c1-4-41-32(40)25-21(3)34-29(35-27(25)33)26-20(2)24-30(36-28(37-31(24)42-26)23-13-9-6-10-14-23)39-17-15-38(16-18-39)19-22-11-7-5-8-12-22/h5-14H,4,15-19H2,1-3H3,(H2,33,34,35). The molecular weight excluding hydrogens is 546 g/mol. The van der Waals surface area contributed by atoms with E-state index < -0.39 is 5.97 Å². The number of piperazine rings is 1. The Morgan fingerprint density at radius 2 is 1.60 bits per heavy atom. The highest BCUT2D eigenvalue weighted by molar-refractivity contribution is 7.22. The maximum absolute atomic E-state index is 12.5. The Labute approximate surface area is 249 Å². The number of carbonyl (C=O) groups excluding carboxylic acids is 1. The fraction of sp³-hybridized carbons (Fsp3) is 0.281. The second kappa shape index (κ2) is 11.8. The van der Waals surface area contributed by atoms with Crippen molar-refractivity contribution in [1.29, 1.82) is 0 Å². The number of nitrogens with zero attached hydrogens (tertiary/aromatic N) is 6. The molecule has 10 heteroatoms. The fourth-order valence-electron chi connectivity index (χ4n) is 5.39. The van der Waals surface area contributed by atoms with Gasteiger partial charge in [-0.1, -0.05) is 60.7 Å². The van der Waals surface area contributed by atoms with Gasteiger partial charge in [-0.25, -0.2) is 24.7 Å². The van der Waals surface area contributed by atoms with E-state index in [4.69, 9.17) is 20.4 Å². The van der Waals surface area contributed by atoms with Gasteiger partial charge < -0.3 is 15.4 Å². The van der Waals surface area contributed by atoms with Gasteiger partial charge in [0, 0.05) is 38.3 Å². The van der Waals surface area contributed by atoms with Crippen LogP contribution >= 0.6 is 11.3 Å². The van der Waals surface area contributed by atoms with E-state index in [0.717, 1.165) is 64.8 Å². The summed E-state index contributed by atoms with van der Waals surface area (Å²) in [6.07, 6.45) is 0. The lowest BCUT2D eigenvalue weighted by atomic mass is 10.1. The summed E-state index contributed by atoms with van der Waals surface area (Å²) >= 11 is 1.52. The molecule has 2 N–H and O–H groups in total. The van der Waals surface area contributed by atoms with Crippen LogP contribution in [0, 0.1) is 13.8 Å². The third-order valence-corrected chi connectivity index (χ3v) is 8.71. The number of aryl methyl sites for hydroxylation is 2. The SMILES string of the molecule is CCOC(=O)c1c(C)nc(-c2sc3nc(-c4ccccc4)nc(N4CCN(Cc5ccccc5)CC4)c3c2C)nc1N.